The zero-order chi connectivity index (χ0) is 9.47. The predicted octanol–water partition coefficient (Wildman–Crippen LogP) is 1.40. The van der Waals surface area contributed by atoms with Crippen LogP contribution in [-0.2, 0) is 10.0 Å². The van der Waals surface area contributed by atoms with E-state index in [4.69, 9.17) is 0 Å². The zero-order valence-corrected chi connectivity index (χ0v) is 9.85. The molecule has 0 aromatic heterocycles. The molecule has 0 spiro atoms. The van der Waals surface area contributed by atoms with Crippen LogP contribution in [0.3, 0.4) is 0 Å². The van der Waals surface area contributed by atoms with E-state index in [1.54, 1.807) is 4.31 Å². The van der Waals surface area contributed by atoms with Gasteiger partial charge in [-0.25, -0.2) is 12.7 Å². The molecule has 76 valence electrons. The summed E-state index contributed by atoms with van der Waals surface area (Å²) in [7, 11) is -2.99. The lowest BCUT2D eigenvalue weighted by atomic mass is 10.0. The maximum absolute atomic E-state index is 11.5. The van der Waals surface area contributed by atoms with Crippen LogP contribution in [0.25, 0.3) is 0 Å². The molecule has 3 nitrogen and oxygen atoms in total. The Bertz CT molecular complexity index is 279. The minimum Gasteiger partial charge on any atom is -0.211 e. The van der Waals surface area contributed by atoms with Crippen LogP contribution in [0.4, 0.5) is 0 Å². The fraction of sp³-hybridized carbons (Fsp3) is 1.00. The Labute approximate surface area is 87.7 Å². The highest BCUT2D eigenvalue weighted by Gasteiger charge is 2.40. The average molecular weight is 268 g/mol. The van der Waals surface area contributed by atoms with Gasteiger partial charge in [0.05, 0.1) is 0 Å². The van der Waals surface area contributed by atoms with Crippen LogP contribution in [0.15, 0.2) is 0 Å². The van der Waals surface area contributed by atoms with Crippen LogP contribution in [0, 0.1) is 11.8 Å². The lowest BCUT2D eigenvalue weighted by Crippen LogP contribution is -2.30. The topological polar surface area (TPSA) is 37.4 Å². The molecule has 0 bridgehead atoms. The summed E-state index contributed by atoms with van der Waals surface area (Å²) in [5, 5.41) is 0. The van der Waals surface area contributed by atoms with Crippen molar-refractivity contribution in [1.82, 2.24) is 4.31 Å². The minimum absolute atomic E-state index is 0.0689. The van der Waals surface area contributed by atoms with Crippen LogP contribution >= 0.6 is 15.9 Å². The summed E-state index contributed by atoms with van der Waals surface area (Å²) < 4.78 is 24.7. The molecular weight excluding hydrogens is 254 g/mol. The molecule has 1 saturated carbocycles. The average Bonchev–Trinajstić information content (AvgIpc) is 2.61. The molecule has 2 rings (SSSR count). The fourth-order valence-electron chi connectivity index (χ4n) is 2.49. The van der Waals surface area contributed by atoms with E-state index in [2.05, 4.69) is 15.9 Å². The van der Waals surface area contributed by atoms with Crippen LogP contribution in [0.2, 0.25) is 0 Å². The molecule has 0 radical (unpaired) electrons. The Balaban J connectivity index is 2.07. The van der Waals surface area contributed by atoms with Gasteiger partial charge in [-0.2, -0.15) is 0 Å². The Hall–Kier alpha value is 0.390. The van der Waals surface area contributed by atoms with Crippen LogP contribution in [-0.4, -0.2) is 30.5 Å². The van der Waals surface area contributed by atoms with Gasteiger partial charge < -0.3 is 0 Å². The number of sulfonamides is 1. The first-order valence-corrected chi connectivity index (χ1v) is 7.40. The normalized spacial score (nSPS) is 35.2. The Morgan fingerprint density at radius 1 is 1.23 bits per heavy atom. The monoisotopic (exact) mass is 267 g/mol. The van der Waals surface area contributed by atoms with E-state index in [1.165, 1.54) is 19.3 Å². The van der Waals surface area contributed by atoms with Gasteiger partial charge in [0, 0.05) is 13.1 Å². The van der Waals surface area contributed by atoms with E-state index in [0.717, 1.165) is 13.1 Å². The smallest absolute Gasteiger partial charge is 0.211 e. The van der Waals surface area contributed by atoms with Crippen LogP contribution in [0.5, 0.6) is 0 Å². The van der Waals surface area contributed by atoms with Crippen molar-refractivity contribution in [3.63, 3.8) is 0 Å². The molecule has 2 aliphatic rings. The molecule has 0 amide bonds. The molecule has 2 fully saturated rings. The molecule has 2 unspecified atom stereocenters. The van der Waals surface area contributed by atoms with Gasteiger partial charge in [-0.3, -0.25) is 0 Å². The van der Waals surface area contributed by atoms with Crippen molar-refractivity contribution in [2.45, 2.75) is 19.3 Å². The van der Waals surface area contributed by atoms with E-state index in [-0.39, 0.29) is 4.66 Å². The lowest BCUT2D eigenvalue weighted by molar-refractivity contribution is 0.449. The largest absolute Gasteiger partial charge is 0.224 e. The summed E-state index contributed by atoms with van der Waals surface area (Å²) in [6.07, 6.45) is 3.73. The molecule has 13 heavy (non-hydrogen) atoms. The molecular formula is C8H14BrNO2S. The minimum atomic E-state index is -2.99. The first kappa shape index (κ1) is 9.93. The van der Waals surface area contributed by atoms with Gasteiger partial charge in [-0.05, 0) is 24.7 Å². The van der Waals surface area contributed by atoms with Crippen LogP contribution < -0.4 is 0 Å². The molecule has 0 aromatic carbocycles. The van der Waals surface area contributed by atoms with Crippen molar-refractivity contribution in [2.24, 2.45) is 11.8 Å². The van der Waals surface area contributed by atoms with Gasteiger partial charge in [-0.1, -0.05) is 22.4 Å². The maximum Gasteiger partial charge on any atom is 0.224 e. The summed E-state index contributed by atoms with van der Waals surface area (Å²) in [5.74, 6) is 1.29. The summed E-state index contributed by atoms with van der Waals surface area (Å²) >= 11 is 3.03. The number of halogens is 1. The van der Waals surface area contributed by atoms with Crippen molar-refractivity contribution >= 4 is 26.0 Å². The number of fused-ring (bicyclic) bond motifs is 1. The number of rotatable bonds is 2. The van der Waals surface area contributed by atoms with Crippen LogP contribution in [0.1, 0.15) is 19.3 Å². The highest BCUT2D eigenvalue weighted by atomic mass is 79.9. The summed E-state index contributed by atoms with van der Waals surface area (Å²) in [6.45, 7) is 1.52. The van der Waals surface area contributed by atoms with E-state index >= 15 is 0 Å². The Morgan fingerprint density at radius 3 is 2.23 bits per heavy atom. The first-order chi connectivity index (χ1) is 6.13. The molecule has 0 N–H and O–H groups in total. The van der Waals surface area contributed by atoms with Gasteiger partial charge >= 0.3 is 0 Å². The second-order valence-corrected chi connectivity index (χ2v) is 7.26. The Kier molecular flexibility index (Phi) is 2.68. The van der Waals surface area contributed by atoms with Crippen molar-refractivity contribution in [3.8, 4) is 0 Å². The van der Waals surface area contributed by atoms with Crippen molar-refractivity contribution in [3.05, 3.63) is 0 Å². The first-order valence-electron chi connectivity index (χ1n) is 4.67. The standard InChI is InChI=1S/C8H14BrNO2S/c9-6-13(11,12)10-4-7-2-1-3-8(7)5-10/h7-8H,1-6H2. The summed E-state index contributed by atoms with van der Waals surface area (Å²) in [5.41, 5.74) is 0. The highest BCUT2D eigenvalue weighted by Crippen LogP contribution is 2.38. The quantitative estimate of drug-likeness (QED) is 0.710. The summed E-state index contributed by atoms with van der Waals surface area (Å²) in [6, 6.07) is 0. The lowest BCUT2D eigenvalue weighted by Gasteiger charge is -2.14. The van der Waals surface area contributed by atoms with E-state index < -0.39 is 10.0 Å². The number of nitrogens with zero attached hydrogens (tertiary/aromatic N) is 1. The highest BCUT2D eigenvalue weighted by molar-refractivity contribution is 9.10. The molecule has 2 atom stereocenters. The second kappa shape index (κ2) is 3.51. The molecule has 1 saturated heterocycles. The third kappa shape index (κ3) is 1.78. The molecule has 0 aromatic rings. The van der Waals surface area contributed by atoms with Crippen molar-refractivity contribution < 1.29 is 8.42 Å². The third-order valence-electron chi connectivity index (χ3n) is 3.22. The number of alkyl halides is 1. The SMILES string of the molecule is O=S(=O)(CBr)N1CC2CCCC2C1. The Morgan fingerprint density at radius 2 is 1.77 bits per heavy atom. The van der Waals surface area contributed by atoms with E-state index in [1.807, 2.05) is 0 Å². The maximum atomic E-state index is 11.5. The molecule has 1 aliphatic carbocycles. The summed E-state index contributed by atoms with van der Waals surface area (Å²) in [4.78, 5) is 0. The van der Waals surface area contributed by atoms with E-state index in [0.29, 0.717) is 11.8 Å². The molecule has 5 heteroatoms. The van der Waals surface area contributed by atoms with Gasteiger partial charge in [0.1, 0.15) is 4.66 Å². The van der Waals surface area contributed by atoms with Gasteiger partial charge in [0.25, 0.3) is 0 Å². The molecule has 1 heterocycles. The van der Waals surface area contributed by atoms with E-state index in [9.17, 15) is 8.42 Å². The van der Waals surface area contributed by atoms with Gasteiger partial charge in [0.2, 0.25) is 10.0 Å². The fourth-order valence-corrected chi connectivity index (χ4v) is 4.33. The number of hydrogen-bond acceptors (Lipinski definition) is 2. The van der Waals surface area contributed by atoms with Crippen molar-refractivity contribution in [2.75, 3.05) is 17.8 Å². The predicted molar refractivity (Wildman–Crippen MR) is 55.1 cm³/mol. The van der Waals surface area contributed by atoms with Gasteiger partial charge in [0.15, 0.2) is 0 Å². The van der Waals surface area contributed by atoms with Gasteiger partial charge in [-0.15, -0.1) is 0 Å². The molecule has 1 aliphatic heterocycles. The zero-order valence-electron chi connectivity index (χ0n) is 7.45. The number of hydrogen-bond donors (Lipinski definition) is 0. The third-order valence-corrected chi connectivity index (χ3v) is 6.32. The van der Waals surface area contributed by atoms with Crippen molar-refractivity contribution in [1.29, 1.82) is 0 Å². The second-order valence-electron chi connectivity index (χ2n) is 3.99.